The van der Waals surface area contributed by atoms with Gasteiger partial charge in [-0.05, 0) is 36.2 Å². The van der Waals surface area contributed by atoms with Crippen LogP contribution in [0.1, 0.15) is 19.2 Å². The number of benzene rings is 1. The van der Waals surface area contributed by atoms with Gasteiger partial charge in [0.1, 0.15) is 11.3 Å². The van der Waals surface area contributed by atoms with Gasteiger partial charge >= 0.3 is 0 Å². The number of nitrogens with two attached hydrogens (primary N) is 1. The highest BCUT2D eigenvalue weighted by molar-refractivity contribution is 8.00. The molecule has 0 fully saturated rings. The van der Waals surface area contributed by atoms with Crippen LogP contribution in [0.3, 0.4) is 0 Å². The van der Waals surface area contributed by atoms with Crippen LogP contribution in [-0.2, 0) is 6.42 Å². The number of rotatable bonds is 4. The van der Waals surface area contributed by atoms with Crippen LogP contribution >= 0.6 is 23.3 Å². The molecule has 5 nitrogen and oxygen atoms in total. The number of oxazole rings is 1. The molecule has 2 aromatic heterocycles. The fourth-order valence-corrected chi connectivity index (χ4v) is 3.16. The van der Waals surface area contributed by atoms with E-state index < -0.39 is 0 Å². The monoisotopic (exact) mass is 292 g/mol. The van der Waals surface area contributed by atoms with E-state index >= 15 is 0 Å². The summed E-state index contributed by atoms with van der Waals surface area (Å²) in [6.07, 6.45) is 1.95. The van der Waals surface area contributed by atoms with Gasteiger partial charge in [0.05, 0.1) is 0 Å². The van der Waals surface area contributed by atoms with Gasteiger partial charge in [0.15, 0.2) is 9.92 Å². The van der Waals surface area contributed by atoms with E-state index in [2.05, 4.69) is 21.3 Å². The number of aryl methyl sites for hydroxylation is 1. The van der Waals surface area contributed by atoms with E-state index in [1.54, 1.807) is 12.1 Å². The second-order valence-electron chi connectivity index (χ2n) is 4.04. The Labute approximate surface area is 118 Å². The standard InChI is InChI=1S/C12H12N4OS2/c1-2-3-10-15-12(19-16-10)18-11-14-8-6-7(13)4-5-9(8)17-11/h4-6H,2-3,13H2,1H3. The molecule has 0 radical (unpaired) electrons. The Bertz CT molecular complexity index is 707. The third-order valence-electron chi connectivity index (χ3n) is 2.49. The van der Waals surface area contributed by atoms with Crippen LogP contribution in [0.2, 0.25) is 0 Å². The Morgan fingerprint density at radius 1 is 1.37 bits per heavy atom. The molecule has 0 atom stereocenters. The molecule has 2 heterocycles. The van der Waals surface area contributed by atoms with Crippen molar-refractivity contribution < 1.29 is 4.42 Å². The van der Waals surface area contributed by atoms with Gasteiger partial charge in [-0.3, -0.25) is 0 Å². The first-order valence-corrected chi connectivity index (χ1v) is 7.50. The molecule has 0 unspecified atom stereocenters. The Balaban J connectivity index is 1.83. The Morgan fingerprint density at radius 2 is 2.26 bits per heavy atom. The van der Waals surface area contributed by atoms with Gasteiger partial charge in [-0.15, -0.1) is 0 Å². The summed E-state index contributed by atoms with van der Waals surface area (Å²) < 4.78 is 10.8. The number of hydrogen-bond acceptors (Lipinski definition) is 7. The van der Waals surface area contributed by atoms with Crippen molar-refractivity contribution in [1.82, 2.24) is 14.3 Å². The van der Waals surface area contributed by atoms with E-state index in [0.717, 1.165) is 34.1 Å². The van der Waals surface area contributed by atoms with Crippen LogP contribution in [-0.4, -0.2) is 14.3 Å². The lowest BCUT2D eigenvalue weighted by Gasteiger charge is -1.88. The van der Waals surface area contributed by atoms with E-state index in [1.165, 1.54) is 23.3 Å². The normalized spacial score (nSPS) is 11.2. The van der Waals surface area contributed by atoms with Crippen molar-refractivity contribution in [2.24, 2.45) is 0 Å². The molecule has 0 aliphatic rings. The van der Waals surface area contributed by atoms with E-state index in [-0.39, 0.29) is 0 Å². The molecule has 0 saturated heterocycles. The van der Waals surface area contributed by atoms with Gasteiger partial charge in [0, 0.05) is 23.9 Å². The van der Waals surface area contributed by atoms with Crippen LogP contribution < -0.4 is 5.73 Å². The lowest BCUT2D eigenvalue weighted by molar-refractivity contribution is 0.489. The van der Waals surface area contributed by atoms with Crippen molar-refractivity contribution in [3.8, 4) is 0 Å². The molecular formula is C12H12N4OS2. The van der Waals surface area contributed by atoms with Gasteiger partial charge in [-0.2, -0.15) is 4.37 Å². The fraction of sp³-hybridized carbons (Fsp3) is 0.250. The van der Waals surface area contributed by atoms with Gasteiger partial charge in [-0.1, -0.05) is 6.92 Å². The third-order valence-corrected chi connectivity index (χ3v) is 4.13. The fourth-order valence-electron chi connectivity index (χ4n) is 1.65. The van der Waals surface area contributed by atoms with E-state index in [9.17, 15) is 0 Å². The number of anilines is 1. The van der Waals surface area contributed by atoms with Crippen molar-refractivity contribution >= 4 is 40.1 Å². The zero-order valence-corrected chi connectivity index (χ0v) is 11.9. The molecule has 98 valence electrons. The minimum atomic E-state index is 0.569. The van der Waals surface area contributed by atoms with Crippen molar-refractivity contribution in [2.75, 3.05) is 5.73 Å². The lowest BCUT2D eigenvalue weighted by Crippen LogP contribution is -1.84. The topological polar surface area (TPSA) is 77.8 Å². The summed E-state index contributed by atoms with van der Waals surface area (Å²) in [5.74, 6) is 0.885. The highest BCUT2D eigenvalue weighted by Crippen LogP contribution is 2.31. The zero-order valence-electron chi connectivity index (χ0n) is 10.3. The van der Waals surface area contributed by atoms with Crippen LogP contribution in [0.4, 0.5) is 5.69 Å². The smallest absolute Gasteiger partial charge is 0.264 e. The SMILES string of the molecule is CCCc1nsc(Sc2nc3cc(N)ccc3o2)n1. The molecule has 3 rings (SSSR count). The van der Waals surface area contributed by atoms with Gasteiger partial charge in [-0.25, -0.2) is 9.97 Å². The number of fused-ring (bicyclic) bond motifs is 1. The first-order chi connectivity index (χ1) is 9.24. The molecular weight excluding hydrogens is 280 g/mol. The highest BCUT2D eigenvalue weighted by Gasteiger charge is 2.11. The maximum atomic E-state index is 5.71. The minimum absolute atomic E-state index is 0.569. The maximum Gasteiger partial charge on any atom is 0.264 e. The summed E-state index contributed by atoms with van der Waals surface area (Å²) in [5, 5.41) is 0.569. The molecule has 3 aromatic rings. The molecule has 0 aliphatic carbocycles. The zero-order chi connectivity index (χ0) is 13.2. The van der Waals surface area contributed by atoms with Crippen molar-refractivity contribution in [2.45, 2.75) is 29.3 Å². The molecule has 0 saturated carbocycles. The highest BCUT2D eigenvalue weighted by atomic mass is 32.2. The van der Waals surface area contributed by atoms with Gasteiger partial charge in [0.25, 0.3) is 5.22 Å². The van der Waals surface area contributed by atoms with E-state index in [1.807, 2.05) is 6.07 Å². The number of nitrogens with zero attached hydrogens (tertiary/aromatic N) is 3. The van der Waals surface area contributed by atoms with Gasteiger partial charge < -0.3 is 10.2 Å². The summed E-state index contributed by atoms with van der Waals surface area (Å²) >= 11 is 2.77. The Hall–Kier alpha value is -1.60. The van der Waals surface area contributed by atoms with Gasteiger partial charge in [0.2, 0.25) is 0 Å². The summed E-state index contributed by atoms with van der Waals surface area (Å²) in [7, 11) is 0. The molecule has 0 aliphatic heterocycles. The lowest BCUT2D eigenvalue weighted by atomic mass is 10.3. The summed E-state index contributed by atoms with van der Waals surface area (Å²) in [6, 6.07) is 5.42. The number of hydrogen-bond donors (Lipinski definition) is 1. The Morgan fingerprint density at radius 3 is 3.11 bits per heavy atom. The minimum Gasteiger partial charge on any atom is -0.431 e. The molecule has 7 heteroatoms. The van der Waals surface area contributed by atoms with Crippen LogP contribution in [0.25, 0.3) is 11.1 Å². The second kappa shape index (κ2) is 5.18. The maximum absolute atomic E-state index is 5.71. The summed E-state index contributed by atoms with van der Waals surface area (Å²) in [6.45, 7) is 2.11. The second-order valence-corrected chi connectivity index (χ2v) is 5.99. The molecule has 2 N–H and O–H groups in total. The first-order valence-electron chi connectivity index (χ1n) is 5.91. The van der Waals surface area contributed by atoms with Crippen molar-refractivity contribution in [3.63, 3.8) is 0 Å². The average molecular weight is 292 g/mol. The van der Waals surface area contributed by atoms with Crippen molar-refractivity contribution in [3.05, 3.63) is 24.0 Å². The van der Waals surface area contributed by atoms with E-state index in [0.29, 0.717) is 10.9 Å². The number of aromatic nitrogens is 3. The molecule has 1 aromatic carbocycles. The summed E-state index contributed by atoms with van der Waals surface area (Å²) in [4.78, 5) is 8.81. The summed E-state index contributed by atoms with van der Waals surface area (Å²) in [5.41, 5.74) is 7.89. The first kappa shape index (κ1) is 12.4. The third kappa shape index (κ3) is 2.71. The number of nitrogen functional groups attached to an aromatic ring is 1. The predicted octanol–water partition coefficient (Wildman–Crippen LogP) is 3.37. The van der Waals surface area contributed by atoms with Crippen molar-refractivity contribution in [1.29, 1.82) is 0 Å². The Kier molecular flexibility index (Phi) is 3.39. The van der Waals surface area contributed by atoms with Crippen LogP contribution in [0.15, 0.2) is 32.2 Å². The average Bonchev–Trinajstić information content (AvgIpc) is 2.96. The van der Waals surface area contributed by atoms with Crippen LogP contribution in [0, 0.1) is 0 Å². The van der Waals surface area contributed by atoms with Crippen LogP contribution in [0.5, 0.6) is 0 Å². The molecule has 0 spiro atoms. The predicted molar refractivity (Wildman–Crippen MR) is 76.4 cm³/mol. The largest absolute Gasteiger partial charge is 0.431 e. The molecule has 19 heavy (non-hydrogen) atoms. The molecule has 0 amide bonds. The molecule has 0 bridgehead atoms. The quantitative estimate of drug-likeness (QED) is 0.743. The van der Waals surface area contributed by atoms with E-state index in [4.69, 9.17) is 10.2 Å².